The lowest BCUT2D eigenvalue weighted by atomic mass is 9.69. The number of amides is 1. The molecule has 0 radical (unpaired) electrons. The second-order valence-corrected chi connectivity index (χ2v) is 9.56. The first-order valence-corrected chi connectivity index (χ1v) is 9.82. The van der Waals surface area contributed by atoms with Gasteiger partial charge in [0.1, 0.15) is 0 Å². The highest BCUT2D eigenvalue weighted by atomic mass is 32.2. The smallest absolute Gasteiger partial charge is 0.407 e. The maximum Gasteiger partial charge on any atom is 0.407 e. The Morgan fingerprint density at radius 3 is 2.42 bits per heavy atom. The molecule has 3 rings (SSSR count). The first kappa shape index (κ1) is 17.2. The van der Waals surface area contributed by atoms with Crippen molar-refractivity contribution in [2.75, 3.05) is 19.6 Å². The average molecular weight is 352 g/mol. The molecule has 1 amide bonds. The van der Waals surface area contributed by atoms with Crippen LogP contribution in [-0.4, -0.2) is 53.7 Å². The van der Waals surface area contributed by atoms with Gasteiger partial charge in [0.15, 0.2) is 0 Å². The highest BCUT2D eigenvalue weighted by Gasteiger charge is 2.45. The number of fused-ring (bicyclic) bond motifs is 2. The third-order valence-electron chi connectivity index (χ3n) is 5.36. The van der Waals surface area contributed by atoms with Gasteiger partial charge in [-0.2, -0.15) is 4.31 Å². The van der Waals surface area contributed by atoms with Crippen LogP contribution in [0.1, 0.15) is 37.8 Å². The molecule has 24 heavy (non-hydrogen) atoms. The van der Waals surface area contributed by atoms with Crippen molar-refractivity contribution in [3.63, 3.8) is 0 Å². The average Bonchev–Trinajstić information content (AvgIpc) is 2.55. The summed E-state index contributed by atoms with van der Waals surface area (Å²) < 4.78 is 27.0. The number of likely N-dealkylation sites (tertiary alicyclic amines) is 1. The predicted molar refractivity (Wildman–Crippen MR) is 91.4 cm³/mol. The van der Waals surface area contributed by atoms with Crippen LogP contribution in [0.2, 0.25) is 0 Å². The number of piperidine rings is 1. The lowest BCUT2D eigenvalue weighted by molar-refractivity contribution is 0.104. The molecule has 0 aromatic heterocycles. The predicted octanol–water partition coefficient (Wildman–Crippen LogP) is 2.25. The van der Waals surface area contributed by atoms with Crippen LogP contribution in [0, 0.1) is 0 Å². The number of nitrogens with zero attached hydrogens (tertiary/aromatic N) is 2. The Bertz CT molecular complexity index is 737. The summed E-state index contributed by atoms with van der Waals surface area (Å²) in [6.07, 6.45) is 0.404. The SMILES string of the molecule is CC(C)S(=O)(=O)N1Cc2ccccc2C2(CCN(C(=O)O)CC2)C1. The van der Waals surface area contributed by atoms with Gasteiger partial charge in [-0.1, -0.05) is 24.3 Å². The molecule has 1 saturated heterocycles. The van der Waals surface area contributed by atoms with E-state index in [0.29, 0.717) is 39.0 Å². The minimum atomic E-state index is -3.34. The second-order valence-electron chi connectivity index (χ2n) is 7.07. The number of carboxylic acid groups (broad SMARTS) is 1. The van der Waals surface area contributed by atoms with Crippen LogP contribution in [0.4, 0.5) is 4.79 Å². The van der Waals surface area contributed by atoms with Gasteiger partial charge in [-0.05, 0) is 37.8 Å². The van der Waals surface area contributed by atoms with E-state index in [1.807, 2.05) is 18.2 Å². The van der Waals surface area contributed by atoms with E-state index >= 15 is 0 Å². The fourth-order valence-corrected chi connectivity index (χ4v) is 5.22. The molecule has 132 valence electrons. The zero-order chi connectivity index (χ0) is 17.5. The van der Waals surface area contributed by atoms with Crippen molar-refractivity contribution >= 4 is 16.1 Å². The summed E-state index contributed by atoms with van der Waals surface area (Å²) in [6, 6.07) is 7.98. The molecule has 1 fully saturated rings. The van der Waals surface area contributed by atoms with Crippen LogP contribution in [0.3, 0.4) is 0 Å². The summed E-state index contributed by atoms with van der Waals surface area (Å²) in [5.41, 5.74) is 1.94. The van der Waals surface area contributed by atoms with E-state index in [2.05, 4.69) is 6.07 Å². The van der Waals surface area contributed by atoms with Crippen LogP contribution in [0.15, 0.2) is 24.3 Å². The fourth-order valence-electron chi connectivity index (χ4n) is 3.88. The Labute approximate surface area is 143 Å². The van der Waals surface area contributed by atoms with Crippen LogP contribution < -0.4 is 0 Å². The van der Waals surface area contributed by atoms with Gasteiger partial charge in [-0.25, -0.2) is 13.2 Å². The van der Waals surface area contributed by atoms with E-state index in [9.17, 15) is 18.3 Å². The number of benzene rings is 1. The Hall–Kier alpha value is -1.60. The minimum absolute atomic E-state index is 0.289. The molecule has 6 nitrogen and oxygen atoms in total. The zero-order valence-corrected chi connectivity index (χ0v) is 14.9. The topological polar surface area (TPSA) is 77.9 Å². The molecule has 0 unspecified atom stereocenters. The number of carbonyl (C=O) groups is 1. The fraction of sp³-hybridized carbons (Fsp3) is 0.588. The number of sulfonamides is 1. The number of rotatable bonds is 2. The lowest BCUT2D eigenvalue weighted by Crippen LogP contribution is -2.54. The molecule has 1 aromatic carbocycles. The van der Waals surface area contributed by atoms with E-state index in [1.165, 1.54) is 10.5 Å². The molecule has 2 heterocycles. The van der Waals surface area contributed by atoms with Gasteiger partial charge < -0.3 is 10.0 Å². The Morgan fingerprint density at radius 1 is 1.21 bits per heavy atom. The third kappa shape index (κ3) is 2.80. The first-order valence-electron chi connectivity index (χ1n) is 8.31. The maximum atomic E-state index is 12.7. The maximum absolute atomic E-state index is 12.7. The van der Waals surface area contributed by atoms with Crippen molar-refractivity contribution in [1.29, 1.82) is 0 Å². The Morgan fingerprint density at radius 2 is 1.83 bits per heavy atom. The molecule has 1 N–H and O–H groups in total. The Kier molecular flexibility index (Phi) is 4.34. The van der Waals surface area contributed by atoms with E-state index in [1.54, 1.807) is 18.2 Å². The summed E-state index contributed by atoms with van der Waals surface area (Å²) >= 11 is 0. The van der Waals surface area contributed by atoms with Crippen LogP contribution in [0.5, 0.6) is 0 Å². The first-order chi connectivity index (χ1) is 11.3. The van der Waals surface area contributed by atoms with Crippen LogP contribution in [0.25, 0.3) is 0 Å². The van der Waals surface area contributed by atoms with Crippen molar-refractivity contribution in [2.45, 2.75) is 43.9 Å². The molecule has 0 aliphatic carbocycles. The van der Waals surface area contributed by atoms with Gasteiger partial charge in [-0.3, -0.25) is 0 Å². The molecular weight excluding hydrogens is 328 g/mol. The summed E-state index contributed by atoms with van der Waals surface area (Å²) in [4.78, 5) is 12.6. The summed E-state index contributed by atoms with van der Waals surface area (Å²) in [5, 5.41) is 8.73. The van der Waals surface area contributed by atoms with Gasteiger partial charge in [0.25, 0.3) is 0 Å². The molecular formula is C17H24N2O4S. The Balaban J connectivity index is 1.98. The third-order valence-corrected chi connectivity index (χ3v) is 7.53. The highest BCUT2D eigenvalue weighted by molar-refractivity contribution is 7.89. The van der Waals surface area contributed by atoms with Crippen molar-refractivity contribution in [1.82, 2.24) is 9.21 Å². The second kappa shape index (κ2) is 6.04. The van der Waals surface area contributed by atoms with Crippen molar-refractivity contribution in [2.24, 2.45) is 0 Å². The number of hydrogen-bond donors (Lipinski definition) is 1. The minimum Gasteiger partial charge on any atom is -0.465 e. The molecule has 1 aromatic rings. The van der Waals surface area contributed by atoms with Gasteiger partial charge in [0.2, 0.25) is 10.0 Å². The van der Waals surface area contributed by atoms with Crippen molar-refractivity contribution < 1.29 is 18.3 Å². The molecule has 0 atom stereocenters. The van der Waals surface area contributed by atoms with E-state index in [4.69, 9.17) is 0 Å². The van der Waals surface area contributed by atoms with Crippen molar-refractivity contribution in [3.05, 3.63) is 35.4 Å². The van der Waals surface area contributed by atoms with Gasteiger partial charge in [0.05, 0.1) is 5.25 Å². The van der Waals surface area contributed by atoms with Gasteiger partial charge >= 0.3 is 6.09 Å². The molecule has 2 aliphatic rings. The largest absolute Gasteiger partial charge is 0.465 e. The number of hydrogen-bond acceptors (Lipinski definition) is 3. The van der Waals surface area contributed by atoms with Crippen molar-refractivity contribution in [3.8, 4) is 0 Å². The molecule has 2 aliphatic heterocycles. The molecule has 1 spiro atoms. The summed E-state index contributed by atoms with van der Waals surface area (Å²) in [5.74, 6) is 0. The van der Waals surface area contributed by atoms with Gasteiger partial charge in [-0.15, -0.1) is 0 Å². The summed E-state index contributed by atoms with van der Waals surface area (Å²) in [7, 11) is -3.34. The van der Waals surface area contributed by atoms with E-state index in [-0.39, 0.29) is 5.41 Å². The van der Waals surface area contributed by atoms with E-state index in [0.717, 1.165) is 5.56 Å². The monoisotopic (exact) mass is 352 g/mol. The molecule has 0 saturated carbocycles. The standard InChI is InChI=1S/C17H24N2O4S/c1-13(2)24(22,23)19-11-14-5-3-4-6-15(14)17(12-19)7-9-18(10-8-17)16(20)21/h3-6,13H,7-12H2,1-2H3,(H,20,21). The van der Waals surface area contributed by atoms with Crippen LogP contribution >= 0.6 is 0 Å². The molecule has 0 bridgehead atoms. The normalized spacial score (nSPS) is 21.0. The zero-order valence-electron chi connectivity index (χ0n) is 14.1. The lowest BCUT2D eigenvalue weighted by Gasteiger charge is -2.48. The molecule has 7 heteroatoms. The quantitative estimate of drug-likeness (QED) is 0.885. The van der Waals surface area contributed by atoms with E-state index < -0.39 is 21.4 Å². The van der Waals surface area contributed by atoms with Gasteiger partial charge in [0, 0.05) is 31.6 Å². The summed E-state index contributed by atoms with van der Waals surface area (Å²) in [6.45, 7) is 5.14. The highest BCUT2D eigenvalue weighted by Crippen LogP contribution is 2.42. The van der Waals surface area contributed by atoms with Crippen LogP contribution in [-0.2, 0) is 22.0 Å².